The summed E-state index contributed by atoms with van der Waals surface area (Å²) in [5, 5.41) is 33.4. The number of aliphatic hydroxyl groups is 2. The molecule has 1 saturated heterocycles. The van der Waals surface area contributed by atoms with E-state index in [1.807, 2.05) is 61.7 Å². The van der Waals surface area contributed by atoms with Gasteiger partial charge in [0.05, 0.1) is 30.5 Å². The Morgan fingerprint density at radius 1 is 1.20 bits per heavy atom. The van der Waals surface area contributed by atoms with Gasteiger partial charge in [-0.2, -0.15) is 0 Å². The van der Waals surface area contributed by atoms with Crippen LogP contribution in [-0.2, 0) is 21.7 Å². The second-order valence-corrected chi connectivity index (χ2v) is 10.5. The monoisotopic (exact) mass is 556 g/mol. The zero-order valence-corrected chi connectivity index (χ0v) is 23.2. The minimum Gasteiger partial charge on any atom is -0.395 e. The third-order valence-corrected chi connectivity index (χ3v) is 7.87. The molecular formula is C31H36N6O4. The van der Waals surface area contributed by atoms with Gasteiger partial charge in [0.15, 0.2) is 5.60 Å². The zero-order valence-electron chi connectivity index (χ0n) is 23.2. The number of fused-ring (bicyclic) bond motifs is 1. The minimum absolute atomic E-state index is 0.0506. The fraction of sp³-hybridized carbons (Fsp3) is 0.355. The Balaban J connectivity index is 1.31. The number of carbonyl (C=O) groups is 2. The Labute approximate surface area is 239 Å². The van der Waals surface area contributed by atoms with Gasteiger partial charge in [0.1, 0.15) is 0 Å². The Morgan fingerprint density at radius 2 is 2.00 bits per heavy atom. The topological polar surface area (TPSA) is 124 Å². The van der Waals surface area contributed by atoms with E-state index in [0.717, 1.165) is 5.56 Å². The lowest BCUT2D eigenvalue weighted by Gasteiger charge is -2.30. The van der Waals surface area contributed by atoms with Crippen LogP contribution in [0.5, 0.6) is 0 Å². The number of aromatic nitrogens is 3. The van der Waals surface area contributed by atoms with Crippen LogP contribution in [0, 0.1) is 5.92 Å². The zero-order chi connectivity index (χ0) is 29.0. The summed E-state index contributed by atoms with van der Waals surface area (Å²) in [6, 6.07) is 15.1. The van der Waals surface area contributed by atoms with Crippen LogP contribution in [0.15, 0.2) is 79.5 Å². The van der Waals surface area contributed by atoms with E-state index in [9.17, 15) is 19.8 Å². The van der Waals surface area contributed by atoms with Crippen molar-refractivity contribution in [2.75, 3.05) is 42.6 Å². The van der Waals surface area contributed by atoms with E-state index in [1.165, 1.54) is 4.90 Å². The van der Waals surface area contributed by atoms with Gasteiger partial charge in [-0.05, 0) is 30.2 Å². The second-order valence-electron chi connectivity index (χ2n) is 10.5. The number of carbonyl (C=O) groups excluding carboxylic acids is 2. The SMILES string of the molecule is C=CCN1C(=O)[C@@](O)([C@@H](C)/C=C/CCn2cc(C(CO)c3ccccc3)nn2)c2cc(N3CCNCC3=O)ccc21. The highest BCUT2D eigenvalue weighted by Crippen LogP contribution is 2.46. The summed E-state index contributed by atoms with van der Waals surface area (Å²) in [7, 11) is 0. The van der Waals surface area contributed by atoms with Gasteiger partial charge in [0, 0.05) is 49.5 Å². The van der Waals surface area contributed by atoms with Gasteiger partial charge >= 0.3 is 0 Å². The van der Waals surface area contributed by atoms with Gasteiger partial charge in [-0.15, -0.1) is 11.7 Å². The lowest BCUT2D eigenvalue weighted by atomic mass is 9.82. The number of amides is 2. The third kappa shape index (κ3) is 5.46. The molecule has 41 heavy (non-hydrogen) atoms. The molecule has 1 aromatic heterocycles. The molecule has 3 atom stereocenters. The number of rotatable bonds is 11. The maximum absolute atomic E-state index is 13.6. The van der Waals surface area contributed by atoms with Crippen LogP contribution in [0.25, 0.3) is 0 Å². The lowest BCUT2D eigenvalue weighted by Crippen LogP contribution is -2.48. The summed E-state index contributed by atoms with van der Waals surface area (Å²) >= 11 is 0. The fourth-order valence-electron chi connectivity index (χ4n) is 5.58. The number of nitrogens with one attached hydrogen (secondary N) is 1. The number of aliphatic hydroxyl groups excluding tert-OH is 1. The first-order valence-electron chi connectivity index (χ1n) is 13.9. The highest BCUT2D eigenvalue weighted by atomic mass is 16.3. The molecule has 3 heterocycles. The van der Waals surface area contributed by atoms with Gasteiger partial charge in [-0.1, -0.05) is 60.7 Å². The fourth-order valence-corrected chi connectivity index (χ4v) is 5.58. The first kappa shape index (κ1) is 28.4. The number of aryl methyl sites for hydroxylation is 1. The van der Waals surface area contributed by atoms with Crippen molar-refractivity contribution in [3.05, 3.63) is 96.4 Å². The molecule has 1 fully saturated rings. The summed E-state index contributed by atoms with van der Waals surface area (Å²) in [5.41, 5.74) is 1.65. The molecule has 0 bridgehead atoms. The first-order chi connectivity index (χ1) is 19.9. The van der Waals surface area contributed by atoms with Crippen LogP contribution in [-0.4, -0.2) is 69.8 Å². The average Bonchev–Trinajstić information content (AvgIpc) is 3.54. The number of hydrogen-bond acceptors (Lipinski definition) is 7. The van der Waals surface area contributed by atoms with Crippen molar-refractivity contribution in [2.45, 2.75) is 31.4 Å². The lowest BCUT2D eigenvalue weighted by molar-refractivity contribution is -0.139. The predicted octanol–water partition coefficient (Wildman–Crippen LogP) is 2.34. The molecule has 3 aromatic rings. The van der Waals surface area contributed by atoms with Gasteiger partial charge in [0.2, 0.25) is 5.91 Å². The molecule has 2 aromatic carbocycles. The van der Waals surface area contributed by atoms with Crippen LogP contribution < -0.4 is 15.1 Å². The number of allylic oxidation sites excluding steroid dienone is 1. The van der Waals surface area contributed by atoms with Crippen molar-refractivity contribution in [1.82, 2.24) is 20.3 Å². The standard InChI is InChI=1S/C31H36N6O4/c1-3-15-37-28-13-12-24(36-17-14-32-19-29(36)39)18-26(28)31(41,30(37)40)22(2)9-7-8-16-35-20-27(33-34-35)25(21-38)23-10-5-4-6-11-23/h3-7,9-13,18,20,22,25,32,38,41H,1,8,14-17,19,21H2,2H3/b9-7+/t22-,25?,31+/m0/s1. The molecule has 10 heteroatoms. The molecule has 1 unspecified atom stereocenters. The Kier molecular flexibility index (Phi) is 8.44. The molecule has 0 saturated carbocycles. The molecule has 0 radical (unpaired) electrons. The largest absolute Gasteiger partial charge is 0.395 e. The molecule has 0 aliphatic carbocycles. The van der Waals surface area contributed by atoms with Crippen molar-refractivity contribution in [1.29, 1.82) is 0 Å². The molecule has 2 amide bonds. The van der Waals surface area contributed by atoms with Crippen LogP contribution in [0.2, 0.25) is 0 Å². The number of benzene rings is 2. The summed E-state index contributed by atoms with van der Waals surface area (Å²) in [4.78, 5) is 29.3. The molecule has 214 valence electrons. The Morgan fingerprint density at radius 3 is 2.73 bits per heavy atom. The van der Waals surface area contributed by atoms with Crippen LogP contribution in [0.4, 0.5) is 11.4 Å². The normalized spacial score (nSPS) is 20.5. The van der Waals surface area contributed by atoms with E-state index in [2.05, 4.69) is 22.2 Å². The number of piperazine rings is 1. The highest BCUT2D eigenvalue weighted by molar-refractivity contribution is 6.08. The average molecular weight is 557 g/mol. The van der Waals surface area contributed by atoms with E-state index in [0.29, 0.717) is 48.7 Å². The number of hydrogen-bond donors (Lipinski definition) is 3. The molecule has 0 spiro atoms. The van der Waals surface area contributed by atoms with Crippen LogP contribution >= 0.6 is 0 Å². The second kappa shape index (κ2) is 12.2. The summed E-state index contributed by atoms with van der Waals surface area (Å²) < 4.78 is 1.73. The van der Waals surface area contributed by atoms with Crippen molar-refractivity contribution in [3.63, 3.8) is 0 Å². The van der Waals surface area contributed by atoms with Gasteiger partial charge in [-0.25, -0.2) is 0 Å². The van der Waals surface area contributed by atoms with Crippen LogP contribution in [0.3, 0.4) is 0 Å². The maximum atomic E-state index is 13.6. The predicted molar refractivity (Wildman–Crippen MR) is 156 cm³/mol. The van der Waals surface area contributed by atoms with Crippen molar-refractivity contribution < 1.29 is 19.8 Å². The van der Waals surface area contributed by atoms with E-state index >= 15 is 0 Å². The molecule has 3 N–H and O–H groups in total. The molecule has 10 nitrogen and oxygen atoms in total. The smallest absolute Gasteiger partial charge is 0.264 e. The molecule has 2 aliphatic heterocycles. The van der Waals surface area contributed by atoms with E-state index in [-0.39, 0.29) is 31.5 Å². The number of nitrogens with zero attached hydrogens (tertiary/aromatic N) is 5. The third-order valence-electron chi connectivity index (χ3n) is 7.87. The summed E-state index contributed by atoms with van der Waals surface area (Å²) in [5.74, 6) is -1.25. The Hall–Kier alpha value is -4.12. The van der Waals surface area contributed by atoms with Crippen LogP contribution in [0.1, 0.15) is 36.1 Å². The van der Waals surface area contributed by atoms with Crippen molar-refractivity contribution >= 4 is 23.2 Å². The highest BCUT2D eigenvalue weighted by Gasteiger charge is 2.52. The van der Waals surface area contributed by atoms with Gasteiger partial charge in [0.25, 0.3) is 5.91 Å². The summed E-state index contributed by atoms with van der Waals surface area (Å²) in [6.07, 6.45) is 7.84. The van der Waals surface area contributed by atoms with E-state index in [1.54, 1.807) is 27.8 Å². The summed E-state index contributed by atoms with van der Waals surface area (Å²) in [6.45, 7) is 7.78. The van der Waals surface area contributed by atoms with Crippen molar-refractivity contribution in [3.8, 4) is 0 Å². The van der Waals surface area contributed by atoms with Gasteiger partial charge < -0.3 is 25.3 Å². The number of anilines is 2. The molecule has 5 rings (SSSR count). The first-order valence-corrected chi connectivity index (χ1v) is 13.9. The molecular weight excluding hydrogens is 520 g/mol. The molecule has 2 aliphatic rings. The minimum atomic E-state index is -1.79. The van der Waals surface area contributed by atoms with E-state index < -0.39 is 17.4 Å². The maximum Gasteiger partial charge on any atom is 0.264 e. The van der Waals surface area contributed by atoms with Crippen molar-refractivity contribution in [2.24, 2.45) is 5.92 Å². The Bertz CT molecular complexity index is 1440. The van der Waals surface area contributed by atoms with E-state index in [4.69, 9.17) is 0 Å². The quantitative estimate of drug-likeness (QED) is 0.310. The van der Waals surface area contributed by atoms with Gasteiger partial charge in [-0.3, -0.25) is 14.3 Å².